The average molecular weight is 247 g/mol. The van der Waals surface area contributed by atoms with E-state index < -0.39 is 0 Å². The second-order valence-corrected chi connectivity index (χ2v) is 4.68. The first-order valence-electron chi connectivity index (χ1n) is 6.77. The summed E-state index contributed by atoms with van der Waals surface area (Å²) in [6.45, 7) is 5.82. The number of pyridine rings is 1. The van der Waals surface area contributed by atoms with E-state index in [1.807, 2.05) is 24.0 Å². The summed E-state index contributed by atoms with van der Waals surface area (Å²) < 4.78 is 0. The zero-order valence-corrected chi connectivity index (χ0v) is 11.1. The van der Waals surface area contributed by atoms with Crippen LogP contribution in [0.15, 0.2) is 18.3 Å². The third-order valence-corrected chi connectivity index (χ3v) is 3.15. The molecular weight excluding hydrogens is 226 g/mol. The van der Waals surface area contributed by atoms with Gasteiger partial charge in [-0.25, -0.2) is 0 Å². The lowest BCUT2D eigenvalue weighted by Crippen LogP contribution is -2.33. The predicted octanol–water partition coefficient (Wildman–Crippen LogP) is 2.53. The molecule has 1 fully saturated rings. The highest BCUT2D eigenvalue weighted by Crippen LogP contribution is 2.27. The van der Waals surface area contributed by atoms with E-state index in [1.165, 1.54) is 0 Å². The Hall–Kier alpha value is -1.58. The molecule has 1 aliphatic rings. The van der Waals surface area contributed by atoms with Gasteiger partial charge >= 0.3 is 0 Å². The lowest BCUT2D eigenvalue weighted by molar-refractivity contribution is 0.0746. The highest BCUT2D eigenvalue weighted by molar-refractivity contribution is 5.93. The maximum atomic E-state index is 12.3. The summed E-state index contributed by atoms with van der Waals surface area (Å²) in [4.78, 5) is 18.4. The van der Waals surface area contributed by atoms with Crippen molar-refractivity contribution in [1.82, 2.24) is 9.88 Å². The molecule has 0 spiro atoms. The molecule has 1 N–H and O–H groups in total. The number of amides is 1. The van der Waals surface area contributed by atoms with Gasteiger partial charge in [0.25, 0.3) is 5.91 Å². The highest BCUT2D eigenvalue weighted by atomic mass is 16.2. The first-order chi connectivity index (χ1) is 8.76. The van der Waals surface area contributed by atoms with Gasteiger partial charge in [0.2, 0.25) is 0 Å². The van der Waals surface area contributed by atoms with Gasteiger partial charge in [-0.3, -0.25) is 9.78 Å². The molecule has 0 atom stereocenters. The second-order valence-electron chi connectivity index (χ2n) is 4.68. The van der Waals surface area contributed by atoms with E-state index in [4.69, 9.17) is 0 Å². The number of hydrogen-bond acceptors (Lipinski definition) is 3. The number of hydrogen-bond donors (Lipinski definition) is 1. The topological polar surface area (TPSA) is 45.2 Å². The molecule has 98 valence electrons. The standard InChI is InChI=1S/C14H21N3O/c1-3-8-15-11-7-9-16-13(10-11)14(18)17(4-2)12-5-6-12/h7,9-10,12H,3-6,8H2,1-2H3,(H,15,16). The Kier molecular flexibility index (Phi) is 4.18. The van der Waals surface area contributed by atoms with Crippen molar-refractivity contribution < 1.29 is 4.79 Å². The van der Waals surface area contributed by atoms with Crippen molar-refractivity contribution in [3.05, 3.63) is 24.0 Å². The van der Waals surface area contributed by atoms with Crippen LogP contribution in [-0.4, -0.2) is 34.9 Å². The third kappa shape index (κ3) is 3.00. The predicted molar refractivity (Wildman–Crippen MR) is 72.8 cm³/mol. The van der Waals surface area contributed by atoms with Crippen molar-refractivity contribution in [1.29, 1.82) is 0 Å². The summed E-state index contributed by atoms with van der Waals surface area (Å²) in [5, 5.41) is 3.28. The van der Waals surface area contributed by atoms with Crippen LogP contribution in [0.1, 0.15) is 43.6 Å². The van der Waals surface area contributed by atoms with Crippen molar-refractivity contribution in [2.45, 2.75) is 39.2 Å². The first-order valence-corrected chi connectivity index (χ1v) is 6.77. The van der Waals surface area contributed by atoms with E-state index >= 15 is 0 Å². The molecule has 0 unspecified atom stereocenters. The monoisotopic (exact) mass is 247 g/mol. The van der Waals surface area contributed by atoms with Crippen LogP contribution in [0.2, 0.25) is 0 Å². The molecular formula is C14H21N3O. The summed E-state index contributed by atoms with van der Waals surface area (Å²) in [7, 11) is 0. The Balaban J connectivity index is 2.08. The molecule has 1 saturated carbocycles. The Morgan fingerprint density at radius 1 is 1.50 bits per heavy atom. The minimum atomic E-state index is 0.0557. The Morgan fingerprint density at radius 2 is 2.28 bits per heavy atom. The van der Waals surface area contributed by atoms with Gasteiger partial charge in [0.1, 0.15) is 5.69 Å². The van der Waals surface area contributed by atoms with Crippen molar-refractivity contribution in [2.75, 3.05) is 18.4 Å². The quantitative estimate of drug-likeness (QED) is 0.840. The van der Waals surface area contributed by atoms with Crippen LogP contribution in [0.3, 0.4) is 0 Å². The summed E-state index contributed by atoms with van der Waals surface area (Å²) >= 11 is 0. The third-order valence-electron chi connectivity index (χ3n) is 3.15. The van der Waals surface area contributed by atoms with Gasteiger partial charge in [-0.1, -0.05) is 6.92 Å². The van der Waals surface area contributed by atoms with Crippen LogP contribution in [0.4, 0.5) is 5.69 Å². The van der Waals surface area contributed by atoms with Gasteiger partial charge in [0, 0.05) is 31.0 Å². The molecule has 0 saturated heterocycles. The molecule has 0 radical (unpaired) electrons. The van der Waals surface area contributed by atoms with Crippen molar-refractivity contribution >= 4 is 11.6 Å². The summed E-state index contributed by atoms with van der Waals surface area (Å²) in [5.74, 6) is 0.0557. The molecule has 4 nitrogen and oxygen atoms in total. The Bertz CT molecular complexity index is 415. The number of carbonyl (C=O) groups is 1. The van der Waals surface area contributed by atoms with Crippen LogP contribution >= 0.6 is 0 Å². The SMILES string of the molecule is CCCNc1ccnc(C(=O)N(CC)C2CC2)c1. The van der Waals surface area contributed by atoms with Crippen LogP contribution < -0.4 is 5.32 Å². The summed E-state index contributed by atoms with van der Waals surface area (Å²) in [6, 6.07) is 4.19. The largest absolute Gasteiger partial charge is 0.385 e. The smallest absolute Gasteiger partial charge is 0.272 e. The molecule has 1 aliphatic carbocycles. The lowest BCUT2D eigenvalue weighted by Gasteiger charge is -2.20. The number of rotatable bonds is 6. The minimum absolute atomic E-state index is 0.0557. The van der Waals surface area contributed by atoms with Crippen LogP contribution in [-0.2, 0) is 0 Å². The van der Waals surface area contributed by atoms with Gasteiger partial charge in [0.15, 0.2) is 0 Å². The van der Waals surface area contributed by atoms with E-state index in [1.54, 1.807) is 6.20 Å². The van der Waals surface area contributed by atoms with Crippen molar-refractivity contribution in [2.24, 2.45) is 0 Å². The maximum Gasteiger partial charge on any atom is 0.272 e. The zero-order chi connectivity index (χ0) is 13.0. The van der Waals surface area contributed by atoms with Crippen LogP contribution in [0.25, 0.3) is 0 Å². The summed E-state index contributed by atoms with van der Waals surface area (Å²) in [6.07, 6.45) is 5.03. The van der Waals surface area contributed by atoms with Crippen molar-refractivity contribution in [3.8, 4) is 0 Å². The number of aromatic nitrogens is 1. The minimum Gasteiger partial charge on any atom is -0.385 e. The van der Waals surface area contributed by atoms with E-state index in [0.717, 1.165) is 38.0 Å². The zero-order valence-electron chi connectivity index (χ0n) is 11.1. The Labute approximate surface area is 108 Å². The molecule has 1 heterocycles. The molecule has 0 bridgehead atoms. The van der Waals surface area contributed by atoms with Crippen LogP contribution in [0, 0.1) is 0 Å². The van der Waals surface area contributed by atoms with E-state index in [0.29, 0.717) is 11.7 Å². The van der Waals surface area contributed by atoms with Crippen LogP contribution in [0.5, 0.6) is 0 Å². The molecule has 0 aliphatic heterocycles. The highest BCUT2D eigenvalue weighted by Gasteiger charge is 2.32. The Morgan fingerprint density at radius 3 is 2.89 bits per heavy atom. The van der Waals surface area contributed by atoms with E-state index in [-0.39, 0.29) is 5.91 Å². The van der Waals surface area contributed by atoms with Gasteiger partial charge in [-0.05, 0) is 38.3 Å². The van der Waals surface area contributed by atoms with E-state index in [2.05, 4.69) is 17.2 Å². The molecule has 2 rings (SSSR count). The van der Waals surface area contributed by atoms with Gasteiger partial charge < -0.3 is 10.2 Å². The number of nitrogens with one attached hydrogen (secondary N) is 1. The second kappa shape index (κ2) is 5.85. The summed E-state index contributed by atoms with van der Waals surface area (Å²) in [5.41, 5.74) is 1.52. The molecule has 4 heteroatoms. The number of carbonyl (C=O) groups excluding carboxylic acids is 1. The molecule has 1 aromatic rings. The molecule has 18 heavy (non-hydrogen) atoms. The normalized spacial score (nSPS) is 14.3. The number of anilines is 1. The molecule has 1 amide bonds. The molecule has 0 aromatic carbocycles. The van der Waals surface area contributed by atoms with Gasteiger partial charge in [-0.15, -0.1) is 0 Å². The first kappa shape index (κ1) is 12.9. The average Bonchev–Trinajstić information content (AvgIpc) is 3.22. The number of nitrogens with zero attached hydrogens (tertiary/aromatic N) is 2. The fourth-order valence-corrected chi connectivity index (χ4v) is 2.03. The van der Waals surface area contributed by atoms with Gasteiger partial charge in [0.05, 0.1) is 0 Å². The van der Waals surface area contributed by atoms with E-state index in [9.17, 15) is 4.79 Å². The fourth-order valence-electron chi connectivity index (χ4n) is 2.03. The van der Waals surface area contributed by atoms with Gasteiger partial charge in [-0.2, -0.15) is 0 Å². The van der Waals surface area contributed by atoms with Crippen molar-refractivity contribution in [3.63, 3.8) is 0 Å². The lowest BCUT2D eigenvalue weighted by atomic mass is 10.2. The maximum absolute atomic E-state index is 12.3. The fraction of sp³-hybridized carbons (Fsp3) is 0.571. The molecule has 1 aromatic heterocycles.